The lowest BCUT2D eigenvalue weighted by molar-refractivity contribution is 0.169. The summed E-state index contributed by atoms with van der Waals surface area (Å²) in [5.41, 5.74) is 5.68. The average molecular weight is 318 g/mol. The Kier molecular flexibility index (Phi) is 3.50. The number of aliphatic hydroxyl groups excluding tert-OH is 1. The molecule has 0 aromatic carbocycles. The van der Waals surface area contributed by atoms with Crippen LogP contribution in [0.5, 0.6) is 0 Å². The molecule has 0 aliphatic carbocycles. The number of rotatable bonds is 3. The summed E-state index contributed by atoms with van der Waals surface area (Å²) in [6, 6.07) is 6.02. The number of aromatic nitrogens is 4. The maximum absolute atomic E-state index is 9.95. The van der Waals surface area contributed by atoms with Gasteiger partial charge in [-0.05, 0) is 37.1 Å². The molecular formula is C19H18N4O. The monoisotopic (exact) mass is 318 g/mol. The van der Waals surface area contributed by atoms with Gasteiger partial charge in [0.05, 0.1) is 17.3 Å². The molecule has 4 heterocycles. The van der Waals surface area contributed by atoms with Crippen LogP contribution in [0, 0.1) is 6.92 Å². The van der Waals surface area contributed by atoms with Gasteiger partial charge in [0.2, 0.25) is 0 Å². The first-order chi connectivity index (χ1) is 11.7. The third-order valence-electron chi connectivity index (χ3n) is 4.42. The van der Waals surface area contributed by atoms with Crippen molar-refractivity contribution in [1.29, 1.82) is 0 Å². The molecule has 0 amide bonds. The van der Waals surface area contributed by atoms with Crippen molar-refractivity contribution < 1.29 is 5.11 Å². The van der Waals surface area contributed by atoms with Crippen molar-refractivity contribution in [3.05, 3.63) is 54.2 Å². The Morgan fingerprint density at radius 1 is 1.17 bits per heavy atom. The molecule has 0 fully saturated rings. The number of hydrogen-bond donors (Lipinski definition) is 2. The van der Waals surface area contributed by atoms with E-state index in [2.05, 4.69) is 26.0 Å². The summed E-state index contributed by atoms with van der Waals surface area (Å²) in [5.74, 6) is 0. The van der Waals surface area contributed by atoms with Gasteiger partial charge >= 0.3 is 0 Å². The van der Waals surface area contributed by atoms with Gasteiger partial charge in [-0.3, -0.25) is 4.98 Å². The predicted octanol–water partition coefficient (Wildman–Crippen LogP) is 3.92. The molecule has 120 valence electrons. The highest BCUT2D eigenvalue weighted by atomic mass is 16.3. The summed E-state index contributed by atoms with van der Waals surface area (Å²) in [7, 11) is 0. The second kappa shape index (κ2) is 5.69. The molecule has 0 aliphatic rings. The van der Waals surface area contributed by atoms with E-state index >= 15 is 0 Å². The minimum absolute atomic E-state index is 0.511. The molecule has 5 nitrogen and oxygen atoms in total. The van der Waals surface area contributed by atoms with Crippen LogP contribution in [0.25, 0.3) is 33.1 Å². The molecule has 0 spiro atoms. The smallest absolute Gasteiger partial charge is 0.161 e. The Balaban J connectivity index is 1.83. The number of aromatic amines is 1. The lowest BCUT2D eigenvalue weighted by atomic mass is 10.0. The Morgan fingerprint density at radius 2 is 2.04 bits per heavy atom. The average Bonchev–Trinajstić information content (AvgIpc) is 3.09. The van der Waals surface area contributed by atoms with Gasteiger partial charge in [0, 0.05) is 46.7 Å². The second-order valence-electron chi connectivity index (χ2n) is 6.01. The maximum atomic E-state index is 9.95. The minimum atomic E-state index is -0.511. The fraction of sp³-hybridized carbons (Fsp3) is 0.211. The van der Waals surface area contributed by atoms with Gasteiger partial charge < -0.3 is 10.1 Å². The predicted molar refractivity (Wildman–Crippen MR) is 94.6 cm³/mol. The highest BCUT2D eigenvalue weighted by Gasteiger charge is 2.11. The summed E-state index contributed by atoms with van der Waals surface area (Å²) in [5, 5.41) is 12.0. The summed E-state index contributed by atoms with van der Waals surface area (Å²) in [4.78, 5) is 16.4. The van der Waals surface area contributed by atoms with Gasteiger partial charge in [-0.1, -0.05) is 6.92 Å². The molecule has 0 radical (unpaired) electrons. The van der Waals surface area contributed by atoms with Crippen LogP contribution >= 0.6 is 0 Å². The van der Waals surface area contributed by atoms with Crippen molar-refractivity contribution in [1.82, 2.24) is 19.9 Å². The molecule has 0 unspecified atom stereocenters. The van der Waals surface area contributed by atoms with Crippen LogP contribution in [-0.4, -0.2) is 25.0 Å². The van der Waals surface area contributed by atoms with Crippen LogP contribution in [0.1, 0.15) is 30.7 Å². The lowest BCUT2D eigenvalue weighted by Gasteiger charge is -2.12. The third kappa shape index (κ3) is 2.34. The zero-order chi connectivity index (χ0) is 16.7. The van der Waals surface area contributed by atoms with Crippen molar-refractivity contribution in [3.8, 4) is 11.1 Å². The number of nitrogens with zero attached hydrogens (tertiary/aromatic N) is 3. The Bertz CT molecular complexity index is 1040. The van der Waals surface area contributed by atoms with Crippen molar-refractivity contribution >= 4 is 21.9 Å². The molecule has 0 bridgehead atoms. The van der Waals surface area contributed by atoms with Crippen molar-refractivity contribution in [2.75, 3.05) is 0 Å². The van der Waals surface area contributed by atoms with Gasteiger partial charge in [0.25, 0.3) is 0 Å². The van der Waals surface area contributed by atoms with Gasteiger partial charge in [0.1, 0.15) is 0 Å². The Hall–Kier alpha value is -2.79. The van der Waals surface area contributed by atoms with E-state index in [-0.39, 0.29) is 0 Å². The van der Waals surface area contributed by atoms with Crippen LogP contribution in [-0.2, 0) is 0 Å². The largest absolute Gasteiger partial charge is 0.387 e. The zero-order valence-electron chi connectivity index (χ0n) is 13.6. The molecule has 5 heteroatoms. The lowest BCUT2D eigenvalue weighted by Crippen LogP contribution is -2.00. The molecule has 1 atom stereocenters. The SMILES string of the molecule is CC[C@H](O)c1cc(C)c(-c2c[nH]c3c(cnc4nccc43)c2)cn1. The number of nitrogens with one attached hydrogen (secondary N) is 1. The highest BCUT2D eigenvalue weighted by molar-refractivity contribution is 6.02. The first kappa shape index (κ1) is 14.8. The van der Waals surface area contributed by atoms with Crippen LogP contribution < -0.4 is 0 Å². The molecule has 2 N–H and O–H groups in total. The number of fused-ring (bicyclic) bond motifs is 3. The fourth-order valence-electron chi connectivity index (χ4n) is 3.03. The van der Waals surface area contributed by atoms with Crippen molar-refractivity contribution in [2.45, 2.75) is 26.4 Å². The molecule has 4 aromatic heterocycles. The topological polar surface area (TPSA) is 74.7 Å². The summed E-state index contributed by atoms with van der Waals surface area (Å²) < 4.78 is 0. The van der Waals surface area contributed by atoms with Gasteiger partial charge in [-0.15, -0.1) is 0 Å². The number of aliphatic hydroxyl groups is 1. The van der Waals surface area contributed by atoms with E-state index in [1.807, 2.05) is 44.6 Å². The van der Waals surface area contributed by atoms with E-state index < -0.39 is 6.10 Å². The van der Waals surface area contributed by atoms with Crippen molar-refractivity contribution in [2.24, 2.45) is 0 Å². The fourth-order valence-corrected chi connectivity index (χ4v) is 3.03. The molecule has 0 aliphatic heterocycles. The Labute approximate surface area is 139 Å². The number of pyridine rings is 3. The molecule has 0 saturated carbocycles. The second-order valence-corrected chi connectivity index (χ2v) is 6.01. The number of hydrogen-bond acceptors (Lipinski definition) is 4. The quantitative estimate of drug-likeness (QED) is 0.600. The molecule has 4 aromatic rings. The number of aryl methyl sites for hydroxylation is 1. The van der Waals surface area contributed by atoms with Gasteiger partial charge in [-0.2, -0.15) is 0 Å². The molecule has 0 saturated heterocycles. The molecule has 24 heavy (non-hydrogen) atoms. The summed E-state index contributed by atoms with van der Waals surface area (Å²) in [6.45, 7) is 3.98. The van der Waals surface area contributed by atoms with E-state index in [0.29, 0.717) is 6.42 Å². The van der Waals surface area contributed by atoms with Crippen LogP contribution in [0.15, 0.2) is 43.0 Å². The van der Waals surface area contributed by atoms with E-state index in [9.17, 15) is 5.11 Å². The van der Waals surface area contributed by atoms with E-state index in [4.69, 9.17) is 0 Å². The first-order valence-electron chi connectivity index (χ1n) is 8.04. The minimum Gasteiger partial charge on any atom is -0.387 e. The Morgan fingerprint density at radius 3 is 2.83 bits per heavy atom. The summed E-state index contributed by atoms with van der Waals surface area (Å²) in [6.07, 6.45) is 7.56. The van der Waals surface area contributed by atoms with Crippen LogP contribution in [0.4, 0.5) is 0 Å². The third-order valence-corrected chi connectivity index (χ3v) is 4.42. The number of H-pyrrole nitrogens is 1. The molecule has 4 rings (SSSR count). The van der Waals surface area contributed by atoms with E-state index in [1.54, 1.807) is 6.20 Å². The standard InChI is InChI=1S/C19H18N4O/c1-3-17(24)16-6-11(2)15(10-21-16)12-7-13-9-23-19-14(4-5-20-19)18(13)22-8-12/h4-10,17,22,24H,3H2,1-2H3/t17-/m0/s1. The maximum Gasteiger partial charge on any atom is 0.161 e. The van der Waals surface area contributed by atoms with Gasteiger partial charge in [0.15, 0.2) is 5.65 Å². The van der Waals surface area contributed by atoms with Gasteiger partial charge in [-0.25, -0.2) is 9.97 Å². The van der Waals surface area contributed by atoms with E-state index in [1.165, 1.54) is 0 Å². The van der Waals surface area contributed by atoms with Crippen molar-refractivity contribution in [3.63, 3.8) is 0 Å². The van der Waals surface area contributed by atoms with Crippen LogP contribution in [0.2, 0.25) is 0 Å². The zero-order valence-corrected chi connectivity index (χ0v) is 13.6. The van der Waals surface area contributed by atoms with Crippen LogP contribution in [0.3, 0.4) is 0 Å². The molecular weight excluding hydrogens is 300 g/mol. The summed E-state index contributed by atoms with van der Waals surface area (Å²) >= 11 is 0. The highest BCUT2D eigenvalue weighted by Crippen LogP contribution is 2.29. The first-order valence-corrected chi connectivity index (χ1v) is 8.04. The van der Waals surface area contributed by atoms with E-state index in [0.717, 1.165) is 44.3 Å². The normalized spacial score (nSPS) is 12.8.